The average Bonchev–Trinajstić information content (AvgIpc) is 3.59. The summed E-state index contributed by atoms with van der Waals surface area (Å²) in [6.45, 7) is 3.77. The van der Waals surface area contributed by atoms with Crippen LogP contribution in [0, 0.1) is 35.0 Å². The van der Waals surface area contributed by atoms with Crippen LogP contribution in [0.5, 0.6) is 0 Å². The summed E-state index contributed by atoms with van der Waals surface area (Å²) in [4.78, 5) is 12.8. The third kappa shape index (κ3) is 6.00. The maximum Gasteiger partial charge on any atom is 0.412 e. The number of alkyl halides is 3. The molecule has 2 aliphatic carbocycles. The maximum atomic E-state index is 13.8. The zero-order chi connectivity index (χ0) is 21.9. The van der Waals surface area contributed by atoms with Crippen molar-refractivity contribution in [2.75, 3.05) is 0 Å². The van der Waals surface area contributed by atoms with Gasteiger partial charge in [-0.2, -0.15) is 18.4 Å². The molecule has 2 fully saturated rings. The van der Waals surface area contributed by atoms with Crippen LogP contribution in [0.15, 0.2) is 24.3 Å². The molecule has 3 rings (SSSR count). The fourth-order valence-electron chi connectivity index (χ4n) is 3.22. The highest BCUT2D eigenvalue weighted by Crippen LogP contribution is 2.36. The molecule has 0 aliphatic heterocycles. The number of nitrogens with zero attached hydrogens (tertiary/aromatic N) is 1. The van der Waals surface area contributed by atoms with Crippen LogP contribution in [0.4, 0.5) is 13.2 Å². The average molecular weight is 417 g/mol. The third-order valence-corrected chi connectivity index (χ3v) is 5.29. The molecule has 0 radical (unpaired) electrons. The molecule has 2 saturated carbocycles. The fraction of sp³-hybridized carbons (Fsp3) is 0.565. The van der Waals surface area contributed by atoms with Gasteiger partial charge in [0, 0.05) is 11.5 Å². The smallest absolute Gasteiger partial charge is 0.339 e. The normalized spacial score (nSPS) is 19.2. The van der Waals surface area contributed by atoms with Gasteiger partial charge < -0.3 is 5.32 Å². The number of nitriles is 1. The molecule has 30 heavy (non-hydrogen) atoms. The van der Waals surface area contributed by atoms with Gasteiger partial charge in [0.05, 0.1) is 12.1 Å². The minimum atomic E-state index is -4.65. The predicted molar refractivity (Wildman–Crippen MR) is 107 cm³/mol. The van der Waals surface area contributed by atoms with E-state index in [1.54, 1.807) is 12.1 Å². The lowest BCUT2D eigenvalue weighted by Gasteiger charge is -2.27. The molecule has 1 aromatic rings. The highest BCUT2D eigenvalue weighted by atomic mass is 19.4. The number of amides is 1. The summed E-state index contributed by atoms with van der Waals surface area (Å²) in [5, 5.41) is 14.4. The zero-order valence-electron chi connectivity index (χ0n) is 17.1. The quantitative estimate of drug-likeness (QED) is 0.653. The van der Waals surface area contributed by atoms with Gasteiger partial charge in [-0.15, -0.1) is 0 Å². The van der Waals surface area contributed by atoms with Gasteiger partial charge in [-0.1, -0.05) is 37.8 Å². The Morgan fingerprint density at radius 3 is 2.33 bits per heavy atom. The lowest BCUT2D eigenvalue weighted by atomic mass is 10.00. The Kier molecular flexibility index (Phi) is 6.43. The Bertz CT molecular complexity index is 866. The molecule has 160 valence electrons. The number of carbonyl (C=O) groups is 1. The van der Waals surface area contributed by atoms with E-state index in [4.69, 9.17) is 0 Å². The first-order chi connectivity index (χ1) is 14.1. The minimum absolute atomic E-state index is 0.0439. The van der Waals surface area contributed by atoms with Crippen molar-refractivity contribution in [1.82, 2.24) is 10.6 Å². The molecule has 7 heteroatoms. The second kappa shape index (κ2) is 8.70. The van der Waals surface area contributed by atoms with E-state index in [1.807, 2.05) is 13.8 Å². The Labute approximate surface area is 175 Å². The van der Waals surface area contributed by atoms with E-state index in [0.717, 1.165) is 12.8 Å². The van der Waals surface area contributed by atoms with Crippen molar-refractivity contribution >= 4 is 5.91 Å². The van der Waals surface area contributed by atoms with Crippen molar-refractivity contribution in [3.05, 3.63) is 35.4 Å². The van der Waals surface area contributed by atoms with Crippen LogP contribution in [0.3, 0.4) is 0 Å². The van der Waals surface area contributed by atoms with Gasteiger partial charge in [0.2, 0.25) is 5.91 Å². The van der Waals surface area contributed by atoms with Gasteiger partial charge in [-0.25, -0.2) is 0 Å². The SMILES string of the molecule is CC(C)C[C@H](NC1(C#N)CC1)C(=O)N[C@@H](c1ccc(C#CC2CC2)cc1)C(F)(F)F. The molecule has 2 N–H and O–H groups in total. The third-order valence-electron chi connectivity index (χ3n) is 5.29. The summed E-state index contributed by atoms with van der Waals surface area (Å²) >= 11 is 0. The van der Waals surface area contributed by atoms with Gasteiger partial charge in [0.1, 0.15) is 5.54 Å². The first kappa shape index (κ1) is 22.2. The van der Waals surface area contributed by atoms with Crippen LogP contribution < -0.4 is 10.6 Å². The number of hydrogen-bond donors (Lipinski definition) is 2. The lowest BCUT2D eigenvalue weighted by molar-refractivity contribution is -0.164. The fourth-order valence-corrected chi connectivity index (χ4v) is 3.22. The topological polar surface area (TPSA) is 64.9 Å². The lowest BCUT2D eigenvalue weighted by Crippen LogP contribution is -2.52. The number of nitrogens with one attached hydrogen (secondary N) is 2. The molecule has 0 aromatic heterocycles. The molecular formula is C23H26F3N3O. The summed E-state index contributed by atoms with van der Waals surface area (Å²) < 4.78 is 41.3. The first-order valence-corrected chi connectivity index (χ1v) is 10.3. The molecule has 4 nitrogen and oxygen atoms in total. The predicted octanol–water partition coefficient (Wildman–Crippen LogP) is 4.23. The van der Waals surface area contributed by atoms with Crippen molar-refractivity contribution in [1.29, 1.82) is 5.26 Å². The van der Waals surface area contributed by atoms with E-state index in [0.29, 0.717) is 30.7 Å². The molecule has 1 aromatic carbocycles. The highest BCUT2D eigenvalue weighted by molar-refractivity contribution is 5.82. The molecule has 0 unspecified atom stereocenters. The van der Waals surface area contributed by atoms with Crippen molar-refractivity contribution in [3.63, 3.8) is 0 Å². The van der Waals surface area contributed by atoms with Crippen molar-refractivity contribution in [2.45, 2.75) is 69.8 Å². The summed E-state index contributed by atoms with van der Waals surface area (Å²) in [6.07, 6.45) is -0.964. The van der Waals surface area contributed by atoms with Gasteiger partial charge in [0.15, 0.2) is 6.04 Å². The number of carbonyl (C=O) groups excluding carboxylic acids is 1. The van der Waals surface area contributed by atoms with Crippen LogP contribution in [0.2, 0.25) is 0 Å². The molecule has 2 aliphatic rings. The highest BCUT2D eigenvalue weighted by Gasteiger charge is 2.47. The Hall–Kier alpha value is -2.51. The summed E-state index contributed by atoms with van der Waals surface area (Å²) in [5.74, 6) is 5.78. The monoisotopic (exact) mass is 417 g/mol. The van der Waals surface area contributed by atoms with Gasteiger partial charge in [0.25, 0.3) is 0 Å². The van der Waals surface area contributed by atoms with E-state index in [-0.39, 0.29) is 11.5 Å². The summed E-state index contributed by atoms with van der Waals surface area (Å²) in [6, 6.07) is 4.97. The maximum absolute atomic E-state index is 13.8. The van der Waals surface area contributed by atoms with E-state index < -0.39 is 29.7 Å². The van der Waals surface area contributed by atoms with Crippen molar-refractivity contribution in [2.24, 2.45) is 11.8 Å². The van der Waals surface area contributed by atoms with Crippen molar-refractivity contribution in [3.8, 4) is 17.9 Å². The van der Waals surface area contributed by atoms with Crippen LogP contribution >= 0.6 is 0 Å². The molecule has 0 saturated heterocycles. The Balaban J connectivity index is 1.75. The summed E-state index contributed by atoms with van der Waals surface area (Å²) in [5.41, 5.74) is -0.188. The zero-order valence-corrected chi connectivity index (χ0v) is 17.1. The standard InChI is InChI=1S/C23H26F3N3O/c1-15(2)13-19(29-22(14-27)11-12-22)21(30)28-20(23(24,25)26)18-9-7-17(8-10-18)6-5-16-3-4-16/h7-10,15-16,19-20,29H,3-4,11-13H2,1-2H3,(H,28,30)/t19-,20-/m0/s1. The number of benzene rings is 1. The van der Waals surface area contributed by atoms with E-state index >= 15 is 0 Å². The van der Waals surface area contributed by atoms with Gasteiger partial charge >= 0.3 is 6.18 Å². The Morgan fingerprint density at radius 2 is 1.87 bits per heavy atom. The molecular weight excluding hydrogens is 391 g/mol. The molecule has 0 bridgehead atoms. The summed E-state index contributed by atoms with van der Waals surface area (Å²) in [7, 11) is 0. The van der Waals surface area contributed by atoms with E-state index in [9.17, 15) is 23.2 Å². The molecule has 2 atom stereocenters. The van der Waals surface area contributed by atoms with Crippen LogP contribution in [0.25, 0.3) is 0 Å². The Morgan fingerprint density at radius 1 is 1.23 bits per heavy atom. The number of rotatable bonds is 7. The second-order valence-corrected chi connectivity index (χ2v) is 8.67. The van der Waals surface area contributed by atoms with Gasteiger partial charge in [-0.05, 0) is 55.7 Å². The second-order valence-electron chi connectivity index (χ2n) is 8.67. The minimum Gasteiger partial charge on any atom is -0.339 e. The number of hydrogen-bond acceptors (Lipinski definition) is 3. The first-order valence-electron chi connectivity index (χ1n) is 10.3. The van der Waals surface area contributed by atoms with Crippen LogP contribution in [-0.4, -0.2) is 23.7 Å². The van der Waals surface area contributed by atoms with Crippen LogP contribution in [0.1, 0.15) is 63.1 Å². The largest absolute Gasteiger partial charge is 0.412 e. The molecule has 0 heterocycles. The van der Waals surface area contributed by atoms with Crippen LogP contribution in [-0.2, 0) is 4.79 Å². The van der Waals surface area contributed by atoms with Gasteiger partial charge in [-0.3, -0.25) is 10.1 Å². The number of halogens is 3. The molecule has 1 amide bonds. The van der Waals surface area contributed by atoms with E-state index in [2.05, 4.69) is 28.5 Å². The van der Waals surface area contributed by atoms with Crippen molar-refractivity contribution < 1.29 is 18.0 Å². The molecule has 0 spiro atoms. The van der Waals surface area contributed by atoms with E-state index in [1.165, 1.54) is 12.1 Å².